The van der Waals surface area contributed by atoms with E-state index in [1.165, 1.54) is 6.26 Å². The fraction of sp³-hybridized carbons (Fsp3) is 0.444. The maximum atomic E-state index is 11.5. The summed E-state index contributed by atoms with van der Waals surface area (Å²) in [6, 6.07) is 8.69. The van der Waals surface area contributed by atoms with E-state index in [0.717, 1.165) is 5.56 Å². The van der Waals surface area contributed by atoms with E-state index in [1.54, 1.807) is 29.2 Å². The zero-order valence-electron chi connectivity index (χ0n) is 22.9. The summed E-state index contributed by atoms with van der Waals surface area (Å²) in [6.45, 7) is 14.3. The summed E-state index contributed by atoms with van der Waals surface area (Å²) in [5.41, 5.74) is 1.14. The second kappa shape index (κ2) is 18.2. The van der Waals surface area contributed by atoms with E-state index < -0.39 is 9.84 Å². The van der Waals surface area contributed by atoms with Crippen LogP contribution in [0.4, 0.5) is 0 Å². The predicted octanol–water partition coefficient (Wildman–Crippen LogP) is 5.00. The third-order valence-corrected chi connectivity index (χ3v) is 5.67. The molecule has 0 aromatic heterocycles. The summed E-state index contributed by atoms with van der Waals surface area (Å²) >= 11 is 0. The second-order valence-electron chi connectivity index (χ2n) is 8.11. The number of aliphatic imine (C=N–C) groups is 2. The number of allylic oxidation sites excluding steroid dienone is 2. The van der Waals surface area contributed by atoms with Crippen LogP contribution in [0.15, 0.2) is 76.7 Å². The van der Waals surface area contributed by atoms with Gasteiger partial charge in [0.2, 0.25) is 0 Å². The molecule has 1 rings (SSSR count). The molecule has 2 unspecified atom stereocenters. The van der Waals surface area contributed by atoms with E-state index >= 15 is 0 Å². The molecule has 0 fully saturated rings. The van der Waals surface area contributed by atoms with Crippen LogP contribution < -0.4 is 0 Å². The van der Waals surface area contributed by atoms with Gasteiger partial charge in [-0.05, 0) is 50.6 Å². The Hall–Kier alpha value is -3.18. The highest BCUT2D eigenvalue weighted by Gasteiger charge is 2.15. The van der Waals surface area contributed by atoms with Crippen molar-refractivity contribution < 1.29 is 8.42 Å². The SMILES string of the molecule is C/C=C/N(C)C.C/C=C\C(C)C(C)N=C(C#N)C(=NCc1ccc(S(C)(=O)=O)cc1)N(C)C.C=C. The lowest BCUT2D eigenvalue weighted by Crippen LogP contribution is -2.31. The number of nitriles is 1. The molecule has 0 spiro atoms. The molecule has 0 bridgehead atoms. The Bertz CT molecular complexity index is 999. The minimum Gasteiger partial charge on any atom is -0.384 e. The molecule has 0 saturated carbocycles. The zero-order chi connectivity index (χ0) is 27.6. The molecule has 0 radical (unpaired) electrons. The molecule has 8 heteroatoms. The molecular weight excluding hydrogens is 458 g/mol. The third kappa shape index (κ3) is 14.6. The number of rotatable bonds is 8. The van der Waals surface area contributed by atoms with Crippen molar-refractivity contribution in [1.29, 1.82) is 5.26 Å². The van der Waals surface area contributed by atoms with Crippen LogP contribution in [0, 0.1) is 17.2 Å². The molecule has 7 nitrogen and oxygen atoms in total. The fourth-order valence-electron chi connectivity index (χ4n) is 2.66. The van der Waals surface area contributed by atoms with Crippen LogP contribution in [-0.4, -0.2) is 70.3 Å². The Morgan fingerprint density at radius 2 is 1.63 bits per heavy atom. The van der Waals surface area contributed by atoms with E-state index in [9.17, 15) is 13.7 Å². The van der Waals surface area contributed by atoms with Gasteiger partial charge in [0.05, 0.1) is 17.5 Å². The van der Waals surface area contributed by atoms with Crippen molar-refractivity contribution in [1.82, 2.24) is 9.80 Å². The molecule has 0 saturated heterocycles. The van der Waals surface area contributed by atoms with Crippen LogP contribution in [0.25, 0.3) is 0 Å². The van der Waals surface area contributed by atoms with Gasteiger partial charge in [-0.2, -0.15) is 5.26 Å². The summed E-state index contributed by atoms with van der Waals surface area (Å²) in [4.78, 5) is 13.1. The van der Waals surface area contributed by atoms with Crippen molar-refractivity contribution >= 4 is 21.4 Å². The minimum absolute atomic E-state index is 0.0463. The van der Waals surface area contributed by atoms with Gasteiger partial charge in [0.25, 0.3) is 0 Å². The fourth-order valence-corrected chi connectivity index (χ4v) is 3.29. The van der Waals surface area contributed by atoms with Gasteiger partial charge in [-0.15, -0.1) is 13.2 Å². The van der Waals surface area contributed by atoms with E-state index in [0.29, 0.717) is 12.4 Å². The van der Waals surface area contributed by atoms with E-state index in [1.807, 2.05) is 72.2 Å². The summed E-state index contributed by atoms with van der Waals surface area (Å²) in [5.74, 6) is 0.717. The lowest BCUT2D eigenvalue weighted by Gasteiger charge is -2.17. The minimum atomic E-state index is -3.22. The van der Waals surface area contributed by atoms with Crippen LogP contribution in [-0.2, 0) is 16.4 Å². The molecule has 2 atom stereocenters. The first-order valence-electron chi connectivity index (χ1n) is 11.3. The van der Waals surface area contributed by atoms with Gasteiger partial charge in [-0.3, -0.25) is 9.98 Å². The van der Waals surface area contributed by atoms with E-state index in [2.05, 4.69) is 42.2 Å². The molecule has 35 heavy (non-hydrogen) atoms. The molecule has 1 aromatic carbocycles. The largest absolute Gasteiger partial charge is 0.384 e. The average molecular weight is 502 g/mol. The second-order valence-corrected chi connectivity index (χ2v) is 10.1. The zero-order valence-corrected chi connectivity index (χ0v) is 23.7. The van der Waals surface area contributed by atoms with Crippen molar-refractivity contribution in [2.45, 2.75) is 45.2 Å². The van der Waals surface area contributed by atoms with Crippen molar-refractivity contribution in [3.8, 4) is 6.07 Å². The summed E-state index contributed by atoms with van der Waals surface area (Å²) in [6.07, 6.45) is 9.21. The first-order chi connectivity index (χ1) is 16.4. The molecule has 1 aromatic rings. The predicted molar refractivity (Wildman–Crippen MR) is 151 cm³/mol. The maximum Gasteiger partial charge on any atom is 0.178 e. The highest BCUT2D eigenvalue weighted by molar-refractivity contribution is 7.90. The molecular formula is C27H43N5O2S. The molecule has 0 aliphatic rings. The van der Waals surface area contributed by atoms with Crippen molar-refractivity contribution in [2.75, 3.05) is 34.4 Å². The summed E-state index contributed by atoms with van der Waals surface area (Å²) in [7, 11) is 4.42. The third-order valence-electron chi connectivity index (χ3n) is 4.54. The molecule has 194 valence electrons. The van der Waals surface area contributed by atoms with Crippen molar-refractivity contribution in [3.05, 3.63) is 67.4 Å². The van der Waals surface area contributed by atoms with Gasteiger partial charge < -0.3 is 9.80 Å². The van der Waals surface area contributed by atoms with Gasteiger partial charge in [0.15, 0.2) is 21.4 Å². The van der Waals surface area contributed by atoms with Crippen LogP contribution in [0.5, 0.6) is 0 Å². The quantitative estimate of drug-likeness (QED) is 0.284. The normalized spacial score (nSPS) is 13.7. The van der Waals surface area contributed by atoms with Gasteiger partial charge in [0, 0.05) is 34.4 Å². The van der Waals surface area contributed by atoms with Gasteiger partial charge >= 0.3 is 0 Å². The Kier molecular flexibility index (Phi) is 17.7. The number of hydrogen-bond donors (Lipinski definition) is 0. The number of hydrogen-bond acceptors (Lipinski definition) is 6. The molecule has 0 heterocycles. The van der Waals surface area contributed by atoms with Gasteiger partial charge in [0.1, 0.15) is 6.07 Å². The molecule has 0 N–H and O–H groups in total. The van der Waals surface area contributed by atoms with Crippen molar-refractivity contribution in [3.63, 3.8) is 0 Å². The Labute approximate surface area is 213 Å². The van der Waals surface area contributed by atoms with Gasteiger partial charge in [-0.25, -0.2) is 8.42 Å². The molecule has 0 amide bonds. The standard InChI is InChI=1S/C20H28N4O2S.C5H11N.C2H4/c1-7-8-15(2)16(3)23-19(13-21)20(24(4)5)22-14-17-9-11-18(12-10-17)27(6,25)26;1-4-5-6(2)3;1-2/h7-12,15-16H,14H2,1-6H3;4-5H,1-3H3;1-2H2/b8-7-,22-20?,23-19?;5-4+;. The number of amidine groups is 1. The Balaban J connectivity index is 0. The van der Waals surface area contributed by atoms with Crippen LogP contribution >= 0.6 is 0 Å². The summed E-state index contributed by atoms with van der Waals surface area (Å²) in [5, 5.41) is 9.56. The van der Waals surface area contributed by atoms with Crippen LogP contribution in [0.3, 0.4) is 0 Å². The highest BCUT2D eigenvalue weighted by Crippen LogP contribution is 2.12. The number of benzene rings is 1. The summed E-state index contributed by atoms with van der Waals surface area (Å²) < 4.78 is 23.1. The Morgan fingerprint density at radius 1 is 1.09 bits per heavy atom. The first kappa shape index (κ1) is 34.0. The average Bonchev–Trinajstić information content (AvgIpc) is 2.79. The molecule has 0 aliphatic carbocycles. The van der Waals surface area contributed by atoms with E-state index in [4.69, 9.17) is 0 Å². The lowest BCUT2D eigenvalue weighted by atomic mass is 10.0. The maximum absolute atomic E-state index is 11.5. The smallest absolute Gasteiger partial charge is 0.178 e. The first-order valence-corrected chi connectivity index (χ1v) is 13.2. The van der Waals surface area contributed by atoms with Crippen LogP contribution in [0.1, 0.15) is 33.3 Å². The highest BCUT2D eigenvalue weighted by atomic mass is 32.2. The molecule has 0 aliphatic heterocycles. The van der Waals surface area contributed by atoms with Gasteiger partial charge in [-0.1, -0.05) is 37.3 Å². The Morgan fingerprint density at radius 3 is 1.97 bits per heavy atom. The van der Waals surface area contributed by atoms with E-state index in [-0.39, 0.29) is 22.6 Å². The lowest BCUT2D eigenvalue weighted by molar-refractivity contribution is 0.563. The monoisotopic (exact) mass is 501 g/mol. The topological polar surface area (TPSA) is 89.1 Å². The number of nitrogens with zero attached hydrogens (tertiary/aromatic N) is 5. The van der Waals surface area contributed by atoms with Crippen LogP contribution in [0.2, 0.25) is 0 Å². The number of sulfone groups is 1. The van der Waals surface area contributed by atoms with Crippen molar-refractivity contribution in [2.24, 2.45) is 15.9 Å².